The minimum absolute atomic E-state index is 0.0618. The highest BCUT2D eigenvalue weighted by Gasteiger charge is 2.08. The van der Waals surface area contributed by atoms with E-state index in [1.807, 2.05) is 80.6 Å². The summed E-state index contributed by atoms with van der Waals surface area (Å²) >= 11 is 0. The Balaban J connectivity index is 1.58. The zero-order valence-electron chi connectivity index (χ0n) is 15.5. The van der Waals surface area contributed by atoms with Crippen molar-refractivity contribution in [2.45, 2.75) is 26.6 Å². The molecule has 0 spiro atoms. The molecule has 27 heavy (non-hydrogen) atoms. The van der Waals surface area contributed by atoms with Gasteiger partial charge in [0.15, 0.2) is 0 Å². The van der Waals surface area contributed by atoms with Crippen molar-refractivity contribution in [2.24, 2.45) is 0 Å². The first-order chi connectivity index (χ1) is 13.1. The molecule has 0 radical (unpaired) electrons. The maximum atomic E-state index is 12.4. The van der Waals surface area contributed by atoms with Crippen molar-refractivity contribution in [2.75, 3.05) is 5.32 Å². The number of nitrogens with one attached hydrogen (secondary N) is 1. The number of carbonyl (C=O) groups is 1. The number of rotatable bonds is 7. The van der Waals surface area contributed by atoms with Gasteiger partial charge in [0.25, 0.3) is 5.91 Å². The van der Waals surface area contributed by atoms with E-state index in [9.17, 15) is 4.79 Å². The summed E-state index contributed by atoms with van der Waals surface area (Å²) in [6.07, 6.45) is 0.0618. The van der Waals surface area contributed by atoms with E-state index in [0.29, 0.717) is 23.6 Å². The van der Waals surface area contributed by atoms with Crippen molar-refractivity contribution in [3.63, 3.8) is 0 Å². The van der Waals surface area contributed by atoms with Gasteiger partial charge in [-0.15, -0.1) is 0 Å². The minimum atomic E-state index is -0.179. The zero-order valence-corrected chi connectivity index (χ0v) is 15.5. The fourth-order valence-electron chi connectivity index (χ4n) is 2.56. The van der Waals surface area contributed by atoms with E-state index in [1.54, 1.807) is 12.1 Å². The molecule has 138 valence electrons. The maximum Gasteiger partial charge on any atom is 0.255 e. The number of ether oxygens (including phenoxy) is 2. The molecule has 0 saturated carbocycles. The average Bonchev–Trinajstić information content (AvgIpc) is 2.68. The second-order valence-electron chi connectivity index (χ2n) is 6.45. The molecule has 0 bridgehead atoms. The van der Waals surface area contributed by atoms with Crippen LogP contribution < -0.4 is 14.8 Å². The van der Waals surface area contributed by atoms with E-state index in [1.165, 1.54) is 0 Å². The minimum Gasteiger partial charge on any atom is -0.491 e. The standard InChI is InChI=1S/C23H23NO3/c1-17(2)27-22-10-6-9-19(15-22)23(25)24-20-11-13-21(14-12-20)26-16-18-7-4-3-5-8-18/h3-15,17H,16H2,1-2H3,(H,24,25). The van der Waals surface area contributed by atoms with Gasteiger partial charge in [-0.1, -0.05) is 36.4 Å². The van der Waals surface area contributed by atoms with E-state index in [-0.39, 0.29) is 12.0 Å². The smallest absolute Gasteiger partial charge is 0.255 e. The highest BCUT2D eigenvalue weighted by atomic mass is 16.5. The summed E-state index contributed by atoms with van der Waals surface area (Å²) in [5.74, 6) is 1.26. The Morgan fingerprint density at radius 2 is 1.63 bits per heavy atom. The summed E-state index contributed by atoms with van der Waals surface area (Å²) in [6, 6.07) is 24.5. The Kier molecular flexibility index (Phi) is 6.10. The molecule has 0 aromatic heterocycles. The number of hydrogen-bond acceptors (Lipinski definition) is 3. The Labute approximate surface area is 159 Å². The summed E-state index contributed by atoms with van der Waals surface area (Å²) in [5, 5.41) is 2.89. The molecule has 3 aromatic rings. The van der Waals surface area contributed by atoms with Crippen LogP contribution in [0.5, 0.6) is 11.5 Å². The lowest BCUT2D eigenvalue weighted by Gasteiger charge is -2.11. The van der Waals surface area contributed by atoms with Crippen LogP contribution in [0.4, 0.5) is 5.69 Å². The lowest BCUT2D eigenvalue weighted by atomic mass is 10.2. The van der Waals surface area contributed by atoms with Crippen molar-refractivity contribution in [1.29, 1.82) is 0 Å². The summed E-state index contributed by atoms with van der Waals surface area (Å²) in [6.45, 7) is 4.41. The second-order valence-corrected chi connectivity index (χ2v) is 6.45. The van der Waals surface area contributed by atoms with Crippen LogP contribution in [-0.2, 0) is 6.61 Å². The fraction of sp³-hybridized carbons (Fsp3) is 0.174. The first-order valence-electron chi connectivity index (χ1n) is 8.95. The molecule has 1 N–H and O–H groups in total. The monoisotopic (exact) mass is 361 g/mol. The largest absolute Gasteiger partial charge is 0.491 e. The molecule has 0 aliphatic rings. The molecule has 0 aliphatic carbocycles. The summed E-state index contributed by atoms with van der Waals surface area (Å²) < 4.78 is 11.4. The predicted molar refractivity (Wildman–Crippen MR) is 107 cm³/mol. The van der Waals surface area contributed by atoms with E-state index in [4.69, 9.17) is 9.47 Å². The van der Waals surface area contributed by atoms with Crippen LogP contribution in [0, 0.1) is 0 Å². The molecule has 0 atom stereocenters. The van der Waals surface area contributed by atoms with Gasteiger partial charge in [0, 0.05) is 11.3 Å². The normalized spacial score (nSPS) is 10.5. The molecule has 4 heteroatoms. The number of amides is 1. The topological polar surface area (TPSA) is 47.6 Å². The molecule has 0 saturated heterocycles. The van der Waals surface area contributed by atoms with Gasteiger partial charge in [-0.05, 0) is 61.9 Å². The molecule has 3 aromatic carbocycles. The van der Waals surface area contributed by atoms with Crippen LogP contribution in [0.3, 0.4) is 0 Å². The van der Waals surface area contributed by atoms with Gasteiger partial charge in [-0.2, -0.15) is 0 Å². The first-order valence-corrected chi connectivity index (χ1v) is 8.95. The molecule has 0 unspecified atom stereocenters. The summed E-state index contributed by atoms with van der Waals surface area (Å²) in [4.78, 5) is 12.4. The third-order valence-electron chi connectivity index (χ3n) is 3.83. The SMILES string of the molecule is CC(C)Oc1cccc(C(=O)Nc2ccc(OCc3ccccc3)cc2)c1. The van der Waals surface area contributed by atoms with Crippen molar-refractivity contribution in [3.8, 4) is 11.5 Å². The molecule has 1 amide bonds. The van der Waals surface area contributed by atoms with Crippen molar-refractivity contribution < 1.29 is 14.3 Å². The van der Waals surface area contributed by atoms with E-state index in [0.717, 1.165) is 11.3 Å². The molecule has 0 fully saturated rings. The fourth-order valence-corrected chi connectivity index (χ4v) is 2.56. The van der Waals surface area contributed by atoms with Crippen LogP contribution in [0.25, 0.3) is 0 Å². The average molecular weight is 361 g/mol. The van der Waals surface area contributed by atoms with Crippen molar-refractivity contribution in [3.05, 3.63) is 90.0 Å². The molecule has 3 rings (SSSR count). The third-order valence-corrected chi connectivity index (χ3v) is 3.83. The van der Waals surface area contributed by atoms with Crippen LogP contribution in [0.1, 0.15) is 29.8 Å². The summed E-state index contributed by atoms with van der Waals surface area (Å²) in [5.41, 5.74) is 2.37. The Bertz CT molecular complexity index is 874. The van der Waals surface area contributed by atoms with E-state index < -0.39 is 0 Å². The molecule has 0 aliphatic heterocycles. The van der Waals surface area contributed by atoms with Gasteiger partial charge in [0.2, 0.25) is 0 Å². The van der Waals surface area contributed by atoms with Gasteiger partial charge in [-0.3, -0.25) is 4.79 Å². The van der Waals surface area contributed by atoms with Gasteiger partial charge in [0.05, 0.1) is 6.10 Å². The third kappa shape index (κ3) is 5.61. The quantitative estimate of drug-likeness (QED) is 0.621. The number of benzene rings is 3. The van der Waals surface area contributed by atoms with Crippen molar-refractivity contribution in [1.82, 2.24) is 0 Å². The van der Waals surface area contributed by atoms with Gasteiger partial charge >= 0.3 is 0 Å². The Hall–Kier alpha value is -3.27. The Morgan fingerprint density at radius 1 is 0.889 bits per heavy atom. The predicted octanol–water partition coefficient (Wildman–Crippen LogP) is 5.31. The lowest BCUT2D eigenvalue weighted by molar-refractivity contribution is 0.102. The second kappa shape index (κ2) is 8.90. The number of hydrogen-bond donors (Lipinski definition) is 1. The maximum absolute atomic E-state index is 12.4. The molecule has 4 nitrogen and oxygen atoms in total. The lowest BCUT2D eigenvalue weighted by Crippen LogP contribution is -2.12. The van der Waals surface area contributed by atoms with E-state index >= 15 is 0 Å². The molecule has 0 heterocycles. The number of anilines is 1. The zero-order chi connectivity index (χ0) is 19.1. The van der Waals surface area contributed by atoms with Crippen LogP contribution >= 0.6 is 0 Å². The van der Waals surface area contributed by atoms with Gasteiger partial charge in [0.1, 0.15) is 18.1 Å². The van der Waals surface area contributed by atoms with Gasteiger partial charge < -0.3 is 14.8 Å². The van der Waals surface area contributed by atoms with E-state index in [2.05, 4.69) is 5.32 Å². The molecular formula is C23H23NO3. The first kappa shape index (κ1) is 18.5. The van der Waals surface area contributed by atoms with Gasteiger partial charge in [-0.25, -0.2) is 0 Å². The van der Waals surface area contributed by atoms with Crippen LogP contribution in [0.2, 0.25) is 0 Å². The van der Waals surface area contributed by atoms with Crippen molar-refractivity contribution >= 4 is 11.6 Å². The van der Waals surface area contributed by atoms with Crippen LogP contribution in [-0.4, -0.2) is 12.0 Å². The van der Waals surface area contributed by atoms with Crippen LogP contribution in [0.15, 0.2) is 78.9 Å². The molecular weight excluding hydrogens is 338 g/mol. The highest BCUT2D eigenvalue weighted by molar-refractivity contribution is 6.04. The highest BCUT2D eigenvalue weighted by Crippen LogP contribution is 2.19. The number of carbonyl (C=O) groups excluding carboxylic acids is 1. The summed E-state index contributed by atoms with van der Waals surface area (Å²) in [7, 11) is 0. The Morgan fingerprint density at radius 3 is 2.33 bits per heavy atom.